The summed E-state index contributed by atoms with van der Waals surface area (Å²) < 4.78 is 11.8. The van der Waals surface area contributed by atoms with E-state index in [9.17, 15) is 0 Å². The second-order valence-electron chi connectivity index (χ2n) is 8.53. The molecular weight excluding hydrogens is 517 g/mol. The lowest BCUT2D eigenvalue weighted by Crippen LogP contribution is -2.50. The van der Waals surface area contributed by atoms with E-state index in [0.29, 0.717) is 12.6 Å². The van der Waals surface area contributed by atoms with E-state index in [1.54, 1.807) is 6.26 Å². The average molecular weight is 553 g/mol. The first-order valence-electron chi connectivity index (χ1n) is 11.3. The molecule has 2 saturated heterocycles. The number of likely N-dealkylation sites (tertiary alicyclic amines) is 1. The van der Waals surface area contributed by atoms with Crippen molar-refractivity contribution < 1.29 is 9.15 Å². The minimum absolute atomic E-state index is 0. The summed E-state index contributed by atoms with van der Waals surface area (Å²) in [5.74, 6) is 1.90. The zero-order valence-corrected chi connectivity index (χ0v) is 21.6. The highest BCUT2D eigenvalue weighted by Crippen LogP contribution is 2.25. The molecule has 2 aromatic rings. The van der Waals surface area contributed by atoms with Gasteiger partial charge in [-0.2, -0.15) is 0 Å². The van der Waals surface area contributed by atoms with Gasteiger partial charge in [0, 0.05) is 32.7 Å². The molecular formula is C24H36IN5O2. The second-order valence-corrected chi connectivity index (χ2v) is 8.53. The molecule has 2 fully saturated rings. The second kappa shape index (κ2) is 12.0. The van der Waals surface area contributed by atoms with Crippen LogP contribution in [0.25, 0.3) is 0 Å². The summed E-state index contributed by atoms with van der Waals surface area (Å²) in [6, 6.07) is 15.2. The predicted octanol–water partition coefficient (Wildman–Crippen LogP) is 3.05. The van der Waals surface area contributed by atoms with E-state index in [0.717, 1.165) is 51.1 Å². The number of furan rings is 1. The van der Waals surface area contributed by atoms with Crippen LogP contribution in [-0.2, 0) is 11.3 Å². The monoisotopic (exact) mass is 553 g/mol. The number of benzene rings is 1. The summed E-state index contributed by atoms with van der Waals surface area (Å²) in [6.45, 7) is 8.12. The highest BCUT2D eigenvalue weighted by molar-refractivity contribution is 14.0. The van der Waals surface area contributed by atoms with Crippen molar-refractivity contribution in [2.24, 2.45) is 4.99 Å². The summed E-state index contributed by atoms with van der Waals surface area (Å²) in [5, 5.41) is 3.49. The van der Waals surface area contributed by atoms with Crippen LogP contribution in [0.4, 0.5) is 0 Å². The molecule has 176 valence electrons. The van der Waals surface area contributed by atoms with Crippen LogP contribution in [0.2, 0.25) is 0 Å². The molecule has 0 spiro atoms. The zero-order valence-electron chi connectivity index (χ0n) is 19.3. The van der Waals surface area contributed by atoms with Crippen molar-refractivity contribution in [1.82, 2.24) is 20.0 Å². The molecule has 32 heavy (non-hydrogen) atoms. The molecule has 3 heterocycles. The molecule has 8 heteroatoms. The number of rotatable bonds is 7. The van der Waals surface area contributed by atoms with Crippen molar-refractivity contribution in [3.63, 3.8) is 0 Å². The highest BCUT2D eigenvalue weighted by atomic mass is 127. The van der Waals surface area contributed by atoms with Crippen LogP contribution in [0, 0.1) is 0 Å². The number of hydrogen-bond acceptors (Lipinski definition) is 5. The van der Waals surface area contributed by atoms with Crippen molar-refractivity contribution in [2.45, 2.75) is 31.7 Å². The Kier molecular flexibility index (Phi) is 9.39. The molecule has 0 bridgehead atoms. The molecule has 2 aliphatic heterocycles. The van der Waals surface area contributed by atoms with E-state index in [1.807, 2.05) is 12.1 Å². The fraction of sp³-hybridized carbons (Fsp3) is 0.542. The fourth-order valence-corrected chi connectivity index (χ4v) is 4.53. The van der Waals surface area contributed by atoms with E-state index in [2.05, 4.69) is 71.4 Å². The third kappa shape index (κ3) is 6.03. The maximum absolute atomic E-state index is 6.16. The summed E-state index contributed by atoms with van der Waals surface area (Å²) >= 11 is 0. The van der Waals surface area contributed by atoms with Crippen LogP contribution in [0.5, 0.6) is 0 Å². The van der Waals surface area contributed by atoms with Crippen LogP contribution in [0.3, 0.4) is 0 Å². The SMILES string of the molecule is CCNC(=NCC(c1ccco1)N(C)C)N1CC2OCCN(Cc3ccccc3)C2C1.I. The lowest BCUT2D eigenvalue weighted by Gasteiger charge is -2.36. The van der Waals surface area contributed by atoms with E-state index in [-0.39, 0.29) is 36.1 Å². The lowest BCUT2D eigenvalue weighted by atomic mass is 10.1. The Bertz CT molecular complexity index is 830. The van der Waals surface area contributed by atoms with E-state index < -0.39 is 0 Å². The number of guanidine groups is 1. The molecule has 0 amide bonds. The van der Waals surface area contributed by atoms with Gasteiger partial charge in [-0.25, -0.2) is 0 Å². The van der Waals surface area contributed by atoms with Crippen LogP contribution >= 0.6 is 24.0 Å². The van der Waals surface area contributed by atoms with Gasteiger partial charge in [-0.05, 0) is 38.7 Å². The van der Waals surface area contributed by atoms with Gasteiger partial charge in [-0.15, -0.1) is 24.0 Å². The molecule has 0 radical (unpaired) electrons. The van der Waals surface area contributed by atoms with E-state index in [1.165, 1.54) is 5.56 Å². The van der Waals surface area contributed by atoms with Gasteiger partial charge in [0.15, 0.2) is 5.96 Å². The number of nitrogens with zero attached hydrogens (tertiary/aromatic N) is 4. The summed E-state index contributed by atoms with van der Waals surface area (Å²) in [5.41, 5.74) is 1.36. The number of halogens is 1. The van der Waals surface area contributed by atoms with Gasteiger partial charge in [-0.3, -0.25) is 14.8 Å². The topological polar surface area (TPSA) is 56.5 Å². The maximum atomic E-state index is 6.16. The van der Waals surface area contributed by atoms with Gasteiger partial charge < -0.3 is 19.4 Å². The number of likely N-dealkylation sites (N-methyl/N-ethyl adjacent to an activating group) is 1. The zero-order chi connectivity index (χ0) is 21.6. The van der Waals surface area contributed by atoms with Gasteiger partial charge in [-0.1, -0.05) is 30.3 Å². The van der Waals surface area contributed by atoms with E-state index >= 15 is 0 Å². The Morgan fingerprint density at radius 1 is 1.19 bits per heavy atom. The summed E-state index contributed by atoms with van der Waals surface area (Å²) in [7, 11) is 4.13. The number of aliphatic imine (C=N–C) groups is 1. The third-order valence-corrected chi connectivity index (χ3v) is 6.19. The Morgan fingerprint density at radius 3 is 2.69 bits per heavy atom. The Hall–Kier alpha value is -1.62. The number of morpholine rings is 1. The summed E-state index contributed by atoms with van der Waals surface area (Å²) in [4.78, 5) is 12.1. The molecule has 1 aromatic carbocycles. The van der Waals surface area contributed by atoms with E-state index in [4.69, 9.17) is 14.1 Å². The fourth-order valence-electron chi connectivity index (χ4n) is 4.53. The molecule has 4 rings (SSSR count). The van der Waals surface area contributed by atoms with Crippen molar-refractivity contribution in [3.8, 4) is 0 Å². The maximum Gasteiger partial charge on any atom is 0.194 e. The molecule has 0 aliphatic carbocycles. The quantitative estimate of drug-likeness (QED) is 0.323. The average Bonchev–Trinajstić information content (AvgIpc) is 3.44. The first-order chi connectivity index (χ1) is 15.2. The first kappa shape index (κ1) is 25.0. The number of ether oxygens (including phenoxy) is 1. The molecule has 0 saturated carbocycles. The lowest BCUT2D eigenvalue weighted by molar-refractivity contribution is -0.0502. The number of fused-ring (bicyclic) bond motifs is 1. The van der Waals surface area contributed by atoms with Gasteiger partial charge in [0.1, 0.15) is 5.76 Å². The minimum atomic E-state index is 0. The predicted molar refractivity (Wildman–Crippen MR) is 138 cm³/mol. The molecule has 3 unspecified atom stereocenters. The first-order valence-corrected chi connectivity index (χ1v) is 11.3. The Morgan fingerprint density at radius 2 is 2.00 bits per heavy atom. The smallest absolute Gasteiger partial charge is 0.194 e. The third-order valence-electron chi connectivity index (χ3n) is 6.19. The minimum Gasteiger partial charge on any atom is -0.468 e. The van der Waals surface area contributed by atoms with Crippen LogP contribution in [-0.4, -0.2) is 86.2 Å². The largest absolute Gasteiger partial charge is 0.468 e. The van der Waals surface area contributed by atoms with Gasteiger partial charge in [0.05, 0.1) is 37.6 Å². The normalized spacial score (nSPS) is 22.5. The standard InChI is InChI=1S/C24H35N5O2.HI/c1-4-25-24(26-15-20(27(2)3)22-11-8-13-30-22)29-17-21-23(18-29)31-14-12-28(21)16-19-9-6-5-7-10-19;/h5-11,13,20-21,23H,4,12,14-18H2,1-3H3,(H,25,26);1H. The molecule has 1 aromatic heterocycles. The molecule has 7 nitrogen and oxygen atoms in total. The Balaban J connectivity index is 0.00000289. The van der Waals surface area contributed by atoms with Gasteiger partial charge in [0.2, 0.25) is 0 Å². The van der Waals surface area contributed by atoms with Crippen molar-refractivity contribution in [2.75, 3.05) is 53.4 Å². The van der Waals surface area contributed by atoms with Crippen LogP contribution in [0.1, 0.15) is 24.3 Å². The van der Waals surface area contributed by atoms with Crippen molar-refractivity contribution in [1.29, 1.82) is 0 Å². The van der Waals surface area contributed by atoms with Crippen molar-refractivity contribution in [3.05, 3.63) is 60.1 Å². The van der Waals surface area contributed by atoms with Gasteiger partial charge >= 0.3 is 0 Å². The highest BCUT2D eigenvalue weighted by Gasteiger charge is 2.41. The van der Waals surface area contributed by atoms with Crippen LogP contribution in [0.15, 0.2) is 58.1 Å². The molecule has 2 aliphatic rings. The molecule has 1 N–H and O–H groups in total. The number of hydrogen-bond donors (Lipinski definition) is 1. The number of nitrogens with one attached hydrogen (secondary N) is 1. The summed E-state index contributed by atoms with van der Waals surface area (Å²) in [6.07, 6.45) is 1.95. The van der Waals surface area contributed by atoms with Gasteiger partial charge in [0.25, 0.3) is 0 Å². The molecule has 3 atom stereocenters. The Labute approximate surface area is 208 Å². The van der Waals surface area contributed by atoms with Crippen molar-refractivity contribution >= 4 is 29.9 Å². The van der Waals surface area contributed by atoms with Crippen LogP contribution < -0.4 is 5.32 Å².